The van der Waals surface area contributed by atoms with Gasteiger partial charge in [0.2, 0.25) is 0 Å². The number of halogens is 1. The largest absolute Gasteiger partial charge is 0.322 e. The Labute approximate surface area is 125 Å². The molecule has 0 N–H and O–H groups in total. The molecule has 0 radical (unpaired) electrons. The van der Waals surface area contributed by atoms with Gasteiger partial charge in [-0.1, -0.05) is 6.07 Å². The highest BCUT2D eigenvalue weighted by Crippen LogP contribution is 2.23. The molecule has 100 valence electrons. The molecule has 3 aromatic rings. The number of alkyl halides is 1. The van der Waals surface area contributed by atoms with Crippen LogP contribution in [0.4, 0.5) is 0 Å². The first kappa shape index (κ1) is 13.1. The monoisotopic (exact) mass is 302 g/mol. The van der Waals surface area contributed by atoms with Gasteiger partial charge in [0.05, 0.1) is 28.5 Å². The van der Waals surface area contributed by atoms with Crippen molar-refractivity contribution in [1.29, 1.82) is 5.26 Å². The number of nitriles is 1. The van der Waals surface area contributed by atoms with Crippen molar-refractivity contribution < 1.29 is 0 Å². The van der Waals surface area contributed by atoms with Crippen LogP contribution in [0.3, 0.4) is 0 Å². The maximum absolute atomic E-state index is 9.16. The van der Waals surface area contributed by atoms with Crippen LogP contribution in [0.15, 0.2) is 24.4 Å². The Morgan fingerprint density at radius 2 is 2.30 bits per heavy atom. The molecule has 0 amide bonds. The van der Waals surface area contributed by atoms with Gasteiger partial charge in [-0.25, -0.2) is 9.97 Å². The number of benzene rings is 1. The normalized spacial score (nSPS) is 10.8. The van der Waals surface area contributed by atoms with Crippen LogP contribution in [0.1, 0.15) is 21.3 Å². The number of nitrogens with zero attached hydrogens (tertiary/aromatic N) is 4. The van der Waals surface area contributed by atoms with Crippen LogP contribution < -0.4 is 0 Å². The topological polar surface area (TPSA) is 54.5 Å². The Morgan fingerprint density at radius 1 is 1.45 bits per heavy atom. The molecular weight excluding hydrogens is 292 g/mol. The number of hydrogen-bond donors (Lipinski definition) is 0. The summed E-state index contributed by atoms with van der Waals surface area (Å²) >= 11 is 7.65. The lowest BCUT2D eigenvalue weighted by molar-refractivity contribution is 0.787. The van der Waals surface area contributed by atoms with Gasteiger partial charge in [-0.3, -0.25) is 0 Å². The Bertz CT molecular complexity index is 812. The number of thiazole rings is 1. The molecule has 2 heterocycles. The average Bonchev–Trinajstić information content (AvgIpc) is 3.03. The molecule has 6 heteroatoms. The van der Waals surface area contributed by atoms with Gasteiger partial charge in [-0.05, 0) is 19.1 Å². The van der Waals surface area contributed by atoms with Crippen molar-refractivity contribution in [2.75, 3.05) is 0 Å². The van der Waals surface area contributed by atoms with Crippen molar-refractivity contribution in [3.63, 3.8) is 0 Å². The number of fused-ring (bicyclic) bond motifs is 1. The second-order valence-corrected chi connectivity index (χ2v) is 5.97. The second kappa shape index (κ2) is 5.23. The number of aryl methyl sites for hydroxylation is 1. The van der Waals surface area contributed by atoms with Gasteiger partial charge < -0.3 is 4.57 Å². The van der Waals surface area contributed by atoms with E-state index < -0.39 is 0 Å². The summed E-state index contributed by atoms with van der Waals surface area (Å²) in [5.74, 6) is 1.09. The molecule has 1 aromatic carbocycles. The lowest BCUT2D eigenvalue weighted by Gasteiger charge is -2.05. The third-order valence-electron chi connectivity index (χ3n) is 3.08. The van der Waals surface area contributed by atoms with Crippen molar-refractivity contribution in [2.24, 2.45) is 0 Å². The van der Waals surface area contributed by atoms with E-state index in [0.29, 0.717) is 23.5 Å². The first-order valence-electron chi connectivity index (χ1n) is 6.08. The maximum Gasteiger partial charge on any atom is 0.125 e. The first-order chi connectivity index (χ1) is 9.72. The van der Waals surface area contributed by atoms with Crippen molar-refractivity contribution in [3.8, 4) is 6.07 Å². The summed E-state index contributed by atoms with van der Waals surface area (Å²) in [5, 5.41) is 10.2. The lowest BCUT2D eigenvalue weighted by Crippen LogP contribution is -2.02. The van der Waals surface area contributed by atoms with E-state index in [1.165, 1.54) is 0 Å². The molecule has 0 spiro atoms. The smallest absolute Gasteiger partial charge is 0.125 e. The average molecular weight is 303 g/mol. The molecule has 2 aromatic heterocycles. The molecule has 0 aliphatic rings. The molecule has 0 bridgehead atoms. The number of hydrogen-bond acceptors (Lipinski definition) is 4. The van der Waals surface area contributed by atoms with Crippen LogP contribution in [0.2, 0.25) is 0 Å². The zero-order chi connectivity index (χ0) is 14.1. The van der Waals surface area contributed by atoms with E-state index >= 15 is 0 Å². The van der Waals surface area contributed by atoms with Crippen molar-refractivity contribution >= 4 is 34.0 Å². The summed E-state index contributed by atoms with van der Waals surface area (Å²) in [7, 11) is 0. The van der Waals surface area contributed by atoms with Crippen LogP contribution in [0, 0.1) is 18.3 Å². The number of rotatable bonds is 3. The summed E-state index contributed by atoms with van der Waals surface area (Å²) in [5.41, 5.74) is 2.23. The van der Waals surface area contributed by atoms with Crippen molar-refractivity contribution in [3.05, 3.63) is 45.7 Å². The van der Waals surface area contributed by atoms with E-state index in [1.54, 1.807) is 17.4 Å². The predicted molar refractivity (Wildman–Crippen MR) is 80.0 cm³/mol. The van der Waals surface area contributed by atoms with Crippen LogP contribution in [-0.4, -0.2) is 14.5 Å². The van der Waals surface area contributed by atoms with Gasteiger partial charge in [0.15, 0.2) is 0 Å². The van der Waals surface area contributed by atoms with E-state index in [2.05, 4.69) is 20.6 Å². The fraction of sp³-hybridized carbons (Fsp3) is 0.214. The standard InChI is InChI=1S/C14H11ClN4S/c1-9-17-7-11(20-9)8-19-12-4-2-3-10(6-16)14(12)18-13(19)5-15/h2-4,7H,5,8H2,1H3. The Hall–Kier alpha value is -1.90. The predicted octanol–water partition coefficient (Wildman–Crippen LogP) is 3.46. The van der Waals surface area contributed by atoms with Crippen molar-refractivity contribution in [2.45, 2.75) is 19.3 Å². The summed E-state index contributed by atoms with van der Waals surface area (Å²) in [6.45, 7) is 2.66. The number of imidazole rings is 1. The fourth-order valence-electron chi connectivity index (χ4n) is 2.20. The van der Waals surface area contributed by atoms with Crippen LogP contribution in [0.25, 0.3) is 11.0 Å². The molecule has 20 heavy (non-hydrogen) atoms. The molecule has 0 aliphatic carbocycles. The summed E-state index contributed by atoms with van der Waals surface area (Å²) < 4.78 is 2.05. The Morgan fingerprint density at radius 3 is 2.95 bits per heavy atom. The van der Waals surface area contributed by atoms with E-state index in [-0.39, 0.29) is 0 Å². The molecule has 4 nitrogen and oxygen atoms in total. The summed E-state index contributed by atoms with van der Waals surface area (Å²) in [6.07, 6.45) is 1.87. The number of aromatic nitrogens is 3. The second-order valence-electron chi connectivity index (χ2n) is 4.38. The van der Waals surface area contributed by atoms with Crippen molar-refractivity contribution in [1.82, 2.24) is 14.5 Å². The molecule has 0 saturated heterocycles. The SMILES string of the molecule is Cc1ncc(Cn2c(CCl)nc3c(C#N)cccc32)s1. The van der Waals surface area contributed by atoms with Gasteiger partial charge >= 0.3 is 0 Å². The van der Waals surface area contributed by atoms with Gasteiger partial charge in [-0.15, -0.1) is 22.9 Å². The molecule has 0 fully saturated rings. The minimum atomic E-state index is 0.317. The van der Waals surface area contributed by atoms with Gasteiger partial charge in [-0.2, -0.15) is 5.26 Å². The lowest BCUT2D eigenvalue weighted by atomic mass is 10.2. The fourth-order valence-corrected chi connectivity index (χ4v) is 3.19. The van der Waals surface area contributed by atoms with Crippen LogP contribution in [-0.2, 0) is 12.4 Å². The van der Waals surface area contributed by atoms with E-state index in [0.717, 1.165) is 21.2 Å². The summed E-state index contributed by atoms with van der Waals surface area (Å²) in [4.78, 5) is 9.91. The van der Waals surface area contributed by atoms with Crippen LogP contribution in [0.5, 0.6) is 0 Å². The van der Waals surface area contributed by atoms with Crippen LogP contribution >= 0.6 is 22.9 Å². The highest BCUT2D eigenvalue weighted by atomic mass is 35.5. The zero-order valence-corrected chi connectivity index (χ0v) is 12.4. The Kier molecular flexibility index (Phi) is 3.43. The third kappa shape index (κ3) is 2.17. The molecule has 0 unspecified atom stereocenters. The molecular formula is C14H11ClN4S. The molecule has 0 saturated carbocycles. The van der Waals surface area contributed by atoms with E-state index in [9.17, 15) is 0 Å². The van der Waals surface area contributed by atoms with Gasteiger partial charge in [0.25, 0.3) is 0 Å². The molecule has 3 rings (SSSR count). The molecule has 0 aliphatic heterocycles. The number of para-hydroxylation sites is 1. The minimum Gasteiger partial charge on any atom is -0.322 e. The van der Waals surface area contributed by atoms with Gasteiger partial charge in [0, 0.05) is 11.1 Å². The minimum absolute atomic E-state index is 0.317. The highest BCUT2D eigenvalue weighted by molar-refractivity contribution is 7.11. The third-order valence-corrected chi connectivity index (χ3v) is 4.22. The first-order valence-corrected chi connectivity index (χ1v) is 7.43. The quantitative estimate of drug-likeness (QED) is 0.696. The van der Waals surface area contributed by atoms with Gasteiger partial charge in [0.1, 0.15) is 17.4 Å². The maximum atomic E-state index is 9.16. The zero-order valence-electron chi connectivity index (χ0n) is 10.8. The van der Waals surface area contributed by atoms with E-state index in [4.69, 9.17) is 16.9 Å². The van der Waals surface area contributed by atoms with E-state index in [1.807, 2.05) is 25.3 Å². The molecule has 0 atom stereocenters. The Balaban J connectivity index is 2.16. The summed E-state index contributed by atoms with van der Waals surface area (Å²) in [6, 6.07) is 7.78. The highest BCUT2D eigenvalue weighted by Gasteiger charge is 2.13.